The van der Waals surface area contributed by atoms with E-state index in [0.29, 0.717) is 0 Å². The zero-order valence-electron chi connectivity index (χ0n) is 24.2. The first kappa shape index (κ1) is 23.7. The van der Waals surface area contributed by atoms with Gasteiger partial charge in [-0.25, -0.2) is 4.57 Å². The first-order valence-corrected chi connectivity index (χ1v) is 17.4. The minimum atomic E-state index is -1.56. The molecule has 7 rings (SSSR count). The lowest BCUT2D eigenvalue weighted by atomic mass is 9.86. The molecule has 0 aliphatic rings. The van der Waals surface area contributed by atoms with Crippen LogP contribution in [0.4, 0.5) is 0 Å². The molecular formula is C35H37N2Si+. The van der Waals surface area contributed by atoms with Gasteiger partial charge in [0.1, 0.15) is 7.05 Å². The SMILES string of the molecule is Cc1cc2c3ccc(C(C)(C)C)cc3n3c4cc5c([Si](C)(C)C)cccc5c5cc[n+](C)c(c(c1C)c23)c54. The van der Waals surface area contributed by atoms with Crippen molar-refractivity contribution in [3.63, 3.8) is 0 Å². The van der Waals surface area contributed by atoms with E-state index in [1.165, 1.54) is 81.6 Å². The van der Waals surface area contributed by atoms with Gasteiger partial charge in [0, 0.05) is 22.2 Å². The molecule has 0 aliphatic carbocycles. The molecule has 190 valence electrons. The van der Waals surface area contributed by atoms with Crippen LogP contribution in [0.25, 0.3) is 59.8 Å². The van der Waals surface area contributed by atoms with E-state index in [4.69, 9.17) is 0 Å². The molecule has 0 saturated heterocycles. The third-order valence-corrected chi connectivity index (χ3v) is 11.0. The van der Waals surface area contributed by atoms with Gasteiger partial charge < -0.3 is 4.40 Å². The Balaban J connectivity index is 1.89. The topological polar surface area (TPSA) is 8.29 Å². The molecule has 2 nitrogen and oxygen atoms in total. The van der Waals surface area contributed by atoms with Crippen molar-refractivity contribution in [2.24, 2.45) is 7.05 Å². The number of rotatable bonds is 1. The Kier molecular flexibility index (Phi) is 4.58. The Morgan fingerprint density at radius 2 is 1.50 bits per heavy atom. The quantitative estimate of drug-likeness (QED) is 0.0901. The van der Waals surface area contributed by atoms with Gasteiger partial charge in [0.15, 0.2) is 6.20 Å². The Morgan fingerprint density at radius 1 is 0.737 bits per heavy atom. The number of hydrogen-bond acceptors (Lipinski definition) is 0. The van der Waals surface area contributed by atoms with Gasteiger partial charge in [-0.2, -0.15) is 0 Å². The van der Waals surface area contributed by atoms with Crippen molar-refractivity contribution in [2.45, 2.75) is 59.7 Å². The van der Waals surface area contributed by atoms with Crippen LogP contribution in [-0.4, -0.2) is 12.5 Å². The molecule has 0 N–H and O–H groups in total. The van der Waals surface area contributed by atoms with E-state index in [1.54, 1.807) is 0 Å². The molecule has 0 bridgehead atoms. The molecule has 0 atom stereocenters. The van der Waals surface area contributed by atoms with Crippen LogP contribution in [0.15, 0.2) is 60.8 Å². The van der Waals surface area contributed by atoms with Crippen LogP contribution in [0.3, 0.4) is 0 Å². The van der Waals surface area contributed by atoms with Crippen LogP contribution in [0.1, 0.15) is 37.5 Å². The second-order valence-corrected chi connectivity index (χ2v) is 18.6. The number of nitrogens with zero attached hydrogens (tertiary/aromatic N) is 2. The fraction of sp³-hybridized carbons (Fsp3) is 0.286. The highest BCUT2D eigenvalue weighted by molar-refractivity contribution is 6.90. The van der Waals surface area contributed by atoms with Gasteiger partial charge in [0.05, 0.1) is 35.4 Å². The van der Waals surface area contributed by atoms with Crippen molar-refractivity contribution >= 4 is 73.0 Å². The molecule has 3 aromatic heterocycles. The van der Waals surface area contributed by atoms with E-state index < -0.39 is 8.07 Å². The summed E-state index contributed by atoms with van der Waals surface area (Å²) in [5.41, 5.74) is 9.54. The summed E-state index contributed by atoms with van der Waals surface area (Å²) >= 11 is 0. The summed E-state index contributed by atoms with van der Waals surface area (Å²) in [5.74, 6) is 0. The Labute approximate surface area is 225 Å². The Morgan fingerprint density at radius 3 is 2.21 bits per heavy atom. The normalized spacial score (nSPS) is 13.4. The lowest BCUT2D eigenvalue weighted by Crippen LogP contribution is -2.38. The second kappa shape index (κ2) is 7.36. The van der Waals surface area contributed by atoms with Gasteiger partial charge in [-0.1, -0.05) is 75.9 Å². The van der Waals surface area contributed by atoms with E-state index in [1.807, 2.05) is 0 Å². The summed E-state index contributed by atoms with van der Waals surface area (Å²) < 4.78 is 4.96. The standard InChI is InChI=1S/C35H37N2Si/c1-20-17-27-24-14-13-22(35(3,4)5)18-28(24)37-29-19-26-23(11-10-12-30(26)38(7,8)9)25-15-16-36(6)34(32(25)29)31(21(20)2)33(27)37/h10-19H,1-9H3/q+1. The van der Waals surface area contributed by atoms with Gasteiger partial charge in [0.2, 0.25) is 5.52 Å². The van der Waals surface area contributed by atoms with Crippen LogP contribution in [-0.2, 0) is 12.5 Å². The number of aromatic nitrogens is 2. The van der Waals surface area contributed by atoms with Crippen molar-refractivity contribution in [1.29, 1.82) is 0 Å². The average molecular weight is 514 g/mol. The summed E-state index contributed by atoms with van der Waals surface area (Å²) in [6, 6.07) is 21.4. The van der Waals surface area contributed by atoms with Crippen LogP contribution in [0.5, 0.6) is 0 Å². The third-order valence-electron chi connectivity index (χ3n) is 8.98. The molecular weight excluding hydrogens is 476 g/mol. The van der Waals surface area contributed by atoms with Crippen LogP contribution < -0.4 is 9.75 Å². The summed E-state index contributed by atoms with van der Waals surface area (Å²) in [6.45, 7) is 18.9. The zero-order valence-corrected chi connectivity index (χ0v) is 25.2. The number of hydrogen-bond donors (Lipinski definition) is 0. The predicted molar refractivity (Wildman–Crippen MR) is 168 cm³/mol. The van der Waals surface area contributed by atoms with Gasteiger partial charge in [-0.15, -0.1) is 0 Å². The maximum absolute atomic E-state index is 2.61. The monoisotopic (exact) mass is 513 g/mol. The molecule has 7 aromatic rings. The van der Waals surface area contributed by atoms with E-state index >= 15 is 0 Å². The molecule has 4 aromatic carbocycles. The van der Waals surface area contributed by atoms with E-state index in [0.717, 1.165) is 0 Å². The highest BCUT2D eigenvalue weighted by Crippen LogP contribution is 2.44. The molecule has 0 radical (unpaired) electrons. The minimum Gasteiger partial charge on any atom is -0.307 e. The van der Waals surface area contributed by atoms with Crippen LogP contribution in [0.2, 0.25) is 19.6 Å². The lowest BCUT2D eigenvalue weighted by molar-refractivity contribution is -0.643. The summed E-state index contributed by atoms with van der Waals surface area (Å²) in [6.07, 6.45) is 2.27. The largest absolute Gasteiger partial charge is 0.307 e. The van der Waals surface area contributed by atoms with Gasteiger partial charge in [-0.05, 0) is 64.9 Å². The number of aryl methyl sites for hydroxylation is 3. The Hall–Kier alpha value is -3.43. The van der Waals surface area contributed by atoms with Gasteiger partial charge in [0.25, 0.3) is 0 Å². The summed E-state index contributed by atoms with van der Waals surface area (Å²) in [7, 11) is 0.649. The average Bonchev–Trinajstić information content (AvgIpc) is 3.17. The molecule has 0 fully saturated rings. The molecule has 0 aliphatic heterocycles. The molecule has 0 saturated carbocycles. The molecule has 0 spiro atoms. The molecule has 0 amide bonds. The predicted octanol–water partition coefficient (Wildman–Crippen LogP) is 8.43. The third kappa shape index (κ3) is 2.97. The van der Waals surface area contributed by atoms with Crippen LogP contribution in [0, 0.1) is 13.8 Å². The number of benzene rings is 4. The molecule has 3 heteroatoms. The lowest BCUT2D eigenvalue weighted by Gasteiger charge is -2.22. The van der Waals surface area contributed by atoms with Crippen molar-refractivity contribution in [3.8, 4) is 0 Å². The first-order chi connectivity index (χ1) is 17.9. The Bertz CT molecular complexity index is 2110. The van der Waals surface area contributed by atoms with Gasteiger partial charge in [-0.3, -0.25) is 0 Å². The number of fused-ring (bicyclic) bond motifs is 7. The highest BCUT2D eigenvalue weighted by atomic mass is 28.3. The number of pyridine rings is 2. The fourth-order valence-corrected chi connectivity index (χ4v) is 8.45. The molecule has 3 heterocycles. The van der Waals surface area contributed by atoms with E-state index in [-0.39, 0.29) is 5.41 Å². The van der Waals surface area contributed by atoms with Crippen LogP contribution >= 0.6 is 0 Å². The van der Waals surface area contributed by atoms with Crippen molar-refractivity contribution in [2.75, 3.05) is 0 Å². The molecule has 38 heavy (non-hydrogen) atoms. The molecule has 0 unspecified atom stereocenters. The summed E-state index contributed by atoms with van der Waals surface area (Å²) in [4.78, 5) is 0. The summed E-state index contributed by atoms with van der Waals surface area (Å²) in [5, 5.41) is 11.2. The van der Waals surface area contributed by atoms with Crippen molar-refractivity contribution < 1.29 is 4.57 Å². The highest BCUT2D eigenvalue weighted by Gasteiger charge is 2.28. The van der Waals surface area contributed by atoms with Crippen molar-refractivity contribution in [1.82, 2.24) is 4.40 Å². The van der Waals surface area contributed by atoms with Crippen molar-refractivity contribution in [3.05, 3.63) is 77.5 Å². The fourth-order valence-electron chi connectivity index (χ4n) is 6.84. The smallest absolute Gasteiger partial charge is 0.224 e. The zero-order chi connectivity index (χ0) is 26.9. The maximum Gasteiger partial charge on any atom is 0.224 e. The second-order valence-electron chi connectivity index (χ2n) is 13.5. The van der Waals surface area contributed by atoms with E-state index in [9.17, 15) is 0 Å². The minimum absolute atomic E-state index is 0.0856. The van der Waals surface area contributed by atoms with Gasteiger partial charge >= 0.3 is 0 Å². The maximum atomic E-state index is 2.61. The van der Waals surface area contributed by atoms with E-state index in [2.05, 4.69) is 131 Å². The first-order valence-electron chi connectivity index (χ1n) is 13.9.